The zero-order valence-electron chi connectivity index (χ0n) is 10.7. The van der Waals surface area contributed by atoms with E-state index >= 15 is 0 Å². The van der Waals surface area contributed by atoms with Crippen LogP contribution >= 0.6 is 0 Å². The maximum Gasteiger partial charge on any atom is 0.416 e. The van der Waals surface area contributed by atoms with Crippen LogP contribution in [0, 0.1) is 0 Å². The van der Waals surface area contributed by atoms with Gasteiger partial charge in [0.2, 0.25) is 0 Å². The molecule has 0 fully saturated rings. The van der Waals surface area contributed by atoms with Gasteiger partial charge in [-0.15, -0.1) is 0 Å². The molecule has 0 atom stereocenters. The van der Waals surface area contributed by atoms with Gasteiger partial charge in [0.05, 0.1) is 11.3 Å². The van der Waals surface area contributed by atoms with Crippen molar-refractivity contribution in [1.82, 2.24) is 5.32 Å². The second-order valence-corrected chi connectivity index (χ2v) is 5.87. The molecule has 0 saturated heterocycles. The molecule has 4 nitrogen and oxygen atoms in total. The molecule has 0 aliphatic heterocycles. The summed E-state index contributed by atoms with van der Waals surface area (Å²) < 4.78 is 67.5. The lowest BCUT2D eigenvalue weighted by atomic mass is 10.0. The predicted molar refractivity (Wildman–Crippen MR) is 69.1 cm³/mol. The maximum atomic E-state index is 12.7. The minimum atomic E-state index is -4.37. The van der Waals surface area contributed by atoms with Gasteiger partial charge in [-0.1, -0.05) is 18.2 Å². The molecule has 1 aromatic carbocycles. The van der Waals surface area contributed by atoms with E-state index in [-0.39, 0.29) is 24.2 Å². The number of hydrogen-bond donors (Lipinski definition) is 2. The Hall–Kier alpha value is -1.12. The Morgan fingerprint density at radius 1 is 1.15 bits per heavy atom. The molecule has 8 heteroatoms. The molecule has 0 heterocycles. The van der Waals surface area contributed by atoms with E-state index in [0.717, 1.165) is 6.07 Å². The van der Waals surface area contributed by atoms with E-state index in [4.69, 9.17) is 4.55 Å². The van der Waals surface area contributed by atoms with E-state index in [1.165, 1.54) is 12.1 Å². The maximum absolute atomic E-state index is 12.7. The third-order valence-electron chi connectivity index (χ3n) is 2.65. The highest BCUT2D eigenvalue weighted by Gasteiger charge is 2.32. The molecule has 0 saturated carbocycles. The molecule has 0 aliphatic rings. The molecule has 0 spiro atoms. The zero-order chi connectivity index (χ0) is 15.2. The van der Waals surface area contributed by atoms with Crippen LogP contribution in [-0.2, 0) is 22.7 Å². The Morgan fingerprint density at radius 3 is 2.40 bits per heavy atom. The van der Waals surface area contributed by atoms with E-state index in [9.17, 15) is 21.6 Å². The topological polar surface area (TPSA) is 66.4 Å². The summed E-state index contributed by atoms with van der Waals surface area (Å²) in [6, 6.07) is 5.34. The molecule has 0 radical (unpaired) electrons. The predicted octanol–water partition coefficient (Wildman–Crippen LogP) is 2.12. The van der Waals surface area contributed by atoms with Gasteiger partial charge in [0, 0.05) is 0 Å². The van der Waals surface area contributed by atoms with Crippen LogP contribution in [0.2, 0.25) is 0 Å². The minimum Gasteiger partial charge on any atom is -0.316 e. The lowest BCUT2D eigenvalue weighted by Crippen LogP contribution is -2.22. The standard InChI is InChI=1S/C12H16F3NO3S/c13-12(14,15)11-5-2-1-4-10(11)6-8-16-7-3-9-20(17,18)19/h1-2,4-5,16H,3,6-9H2,(H,17,18,19). The second-order valence-electron chi connectivity index (χ2n) is 4.29. The Kier molecular flexibility index (Phi) is 5.97. The molecular weight excluding hydrogens is 295 g/mol. The first kappa shape index (κ1) is 16.9. The van der Waals surface area contributed by atoms with Crippen LogP contribution in [0.4, 0.5) is 13.2 Å². The van der Waals surface area contributed by atoms with Crippen molar-refractivity contribution in [1.29, 1.82) is 0 Å². The summed E-state index contributed by atoms with van der Waals surface area (Å²) >= 11 is 0. The van der Waals surface area contributed by atoms with Crippen LogP contribution in [0.1, 0.15) is 17.5 Å². The monoisotopic (exact) mass is 311 g/mol. The van der Waals surface area contributed by atoms with Crippen LogP contribution in [0.25, 0.3) is 0 Å². The third kappa shape index (κ3) is 6.36. The summed E-state index contributed by atoms with van der Waals surface area (Å²) in [7, 11) is -3.98. The van der Waals surface area contributed by atoms with Gasteiger partial charge >= 0.3 is 6.18 Å². The summed E-state index contributed by atoms with van der Waals surface area (Å²) in [4.78, 5) is 0. The highest BCUT2D eigenvalue weighted by atomic mass is 32.2. The van der Waals surface area contributed by atoms with Crippen molar-refractivity contribution in [3.05, 3.63) is 35.4 Å². The normalized spacial score (nSPS) is 12.6. The molecule has 0 amide bonds. The number of rotatable bonds is 7. The lowest BCUT2D eigenvalue weighted by molar-refractivity contribution is -0.138. The van der Waals surface area contributed by atoms with Crippen LogP contribution in [0.5, 0.6) is 0 Å². The molecule has 0 aliphatic carbocycles. The van der Waals surface area contributed by atoms with Gasteiger partial charge in [-0.3, -0.25) is 4.55 Å². The smallest absolute Gasteiger partial charge is 0.316 e. The number of halogens is 3. The average molecular weight is 311 g/mol. The van der Waals surface area contributed by atoms with Gasteiger partial charge in [0.1, 0.15) is 0 Å². The number of alkyl halides is 3. The van der Waals surface area contributed by atoms with E-state index in [2.05, 4.69) is 5.32 Å². The fourth-order valence-electron chi connectivity index (χ4n) is 1.74. The minimum absolute atomic E-state index is 0.196. The van der Waals surface area contributed by atoms with Crippen molar-refractivity contribution in [2.45, 2.75) is 19.0 Å². The molecule has 1 rings (SSSR count). The van der Waals surface area contributed by atoms with Gasteiger partial charge < -0.3 is 5.32 Å². The van der Waals surface area contributed by atoms with E-state index in [1.54, 1.807) is 6.07 Å². The van der Waals surface area contributed by atoms with Gasteiger partial charge in [-0.25, -0.2) is 0 Å². The molecular formula is C12H16F3NO3S. The van der Waals surface area contributed by atoms with Crippen molar-refractivity contribution < 1.29 is 26.1 Å². The zero-order valence-corrected chi connectivity index (χ0v) is 11.5. The first-order valence-corrected chi connectivity index (χ1v) is 7.62. The summed E-state index contributed by atoms with van der Waals surface area (Å²) in [5.41, 5.74) is -0.456. The fourth-order valence-corrected chi connectivity index (χ4v) is 2.25. The van der Waals surface area contributed by atoms with E-state index in [1.807, 2.05) is 0 Å². The Balaban J connectivity index is 2.40. The van der Waals surface area contributed by atoms with Crippen molar-refractivity contribution >= 4 is 10.1 Å². The summed E-state index contributed by atoms with van der Waals surface area (Å²) in [5, 5.41) is 2.84. The van der Waals surface area contributed by atoms with Gasteiger partial charge in [0.25, 0.3) is 10.1 Å². The van der Waals surface area contributed by atoms with Gasteiger partial charge in [-0.05, 0) is 37.6 Å². The SMILES string of the molecule is O=S(=O)(O)CCCNCCc1ccccc1C(F)(F)F. The van der Waals surface area contributed by atoms with Gasteiger partial charge in [-0.2, -0.15) is 21.6 Å². The summed E-state index contributed by atoms with van der Waals surface area (Å²) in [6.07, 6.45) is -3.97. The van der Waals surface area contributed by atoms with Crippen LogP contribution in [-0.4, -0.2) is 31.8 Å². The molecule has 114 valence electrons. The first-order chi connectivity index (χ1) is 9.20. The van der Waals surface area contributed by atoms with E-state index < -0.39 is 21.9 Å². The van der Waals surface area contributed by atoms with E-state index in [0.29, 0.717) is 13.1 Å². The molecule has 1 aromatic rings. The average Bonchev–Trinajstić information content (AvgIpc) is 2.31. The van der Waals surface area contributed by atoms with Crippen molar-refractivity contribution in [3.8, 4) is 0 Å². The highest BCUT2D eigenvalue weighted by molar-refractivity contribution is 7.85. The molecule has 0 aromatic heterocycles. The number of nitrogens with one attached hydrogen (secondary N) is 1. The van der Waals surface area contributed by atoms with Crippen LogP contribution < -0.4 is 5.32 Å². The molecule has 20 heavy (non-hydrogen) atoms. The second kappa shape index (κ2) is 7.05. The summed E-state index contributed by atoms with van der Waals surface area (Å²) in [6.45, 7) is 0.618. The van der Waals surface area contributed by atoms with Crippen LogP contribution in [0.3, 0.4) is 0 Å². The van der Waals surface area contributed by atoms with Gasteiger partial charge in [0.15, 0.2) is 0 Å². The van der Waals surface area contributed by atoms with Crippen molar-refractivity contribution in [3.63, 3.8) is 0 Å². The van der Waals surface area contributed by atoms with Crippen molar-refractivity contribution in [2.75, 3.05) is 18.8 Å². The molecule has 0 bridgehead atoms. The number of hydrogen-bond acceptors (Lipinski definition) is 3. The first-order valence-electron chi connectivity index (χ1n) is 6.01. The third-order valence-corrected chi connectivity index (χ3v) is 3.45. The highest BCUT2D eigenvalue weighted by Crippen LogP contribution is 2.31. The molecule has 2 N–H and O–H groups in total. The van der Waals surface area contributed by atoms with Crippen molar-refractivity contribution in [2.24, 2.45) is 0 Å². The lowest BCUT2D eigenvalue weighted by Gasteiger charge is -2.12. The summed E-state index contributed by atoms with van der Waals surface area (Å²) in [5.74, 6) is -0.362. The Bertz CT molecular complexity index is 529. The fraction of sp³-hybridized carbons (Fsp3) is 0.500. The molecule has 0 unspecified atom stereocenters. The largest absolute Gasteiger partial charge is 0.416 e. The Morgan fingerprint density at radius 2 is 1.80 bits per heavy atom. The van der Waals surface area contributed by atoms with Crippen LogP contribution in [0.15, 0.2) is 24.3 Å². The Labute approximate surface area is 115 Å². The number of benzene rings is 1. The quantitative estimate of drug-likeness (QED) is 0.598.